The Kier molecular flexibility index (Phi) is 2.81. The molecule has 17 heavy (non-hydrogen) atoms. The molecule has 3 rings (SSSR count). The first kappa shape index (κ1) is 11.1. The maximum absolute atomic E-state index is 3.60. The molecule has 0 N–H and O–H groups in total. The minimum atomic E-state index is 1.08. The lowest BCUT2D eigenvalue weighted by atomic mass is 10.2. The van der Waals surface area contributed by atoms with Crippen molar-refractivity contribution in [2.45, 2.75) is 0 Å². The second kappa shape index (κ2) is 4.31. The molecule has 0 aliphatic rings. The largest absolute Gasteiger partial charge is 0.314 e. The van der Waals surface area contributed by atoms with Crippen LogP contribution in [-0.4, -0.2) is 4.57 Å². The summed E-state index contributed by atoms with van der Waals surface area (Å²) in [4.78, 5) is 0. The van der Waals surface area contributed by atoms with Gasteiger partial charge in [0.1, 0.15) is 0 Å². The summed E-state index contributed by atoms with van der Waals surface area (Å²) in [6, 6.07) is 16.6. The number of benzene rings is 2. The van der Waals surface area contributed by atoms with Gasteiger partial charge in [-0.1, -0.05) is 24.3 Å². The molecule has 1 aromatic heterocycles. The van der Waals surface area contributed by atoms with E-state index in [0.29, 0.717) is 0 Å². The van der Waals surface area contributed by atoms with Crippen LogP contribution in [0.3, 0.4) is 0 Å². The van der Waals surface area contributed by atoms with Crippen LogP contribution in [0.2, 0.25) is 0 Å². The predicted octanol–water partition coefficient (Wildman–Crippen LogP) is 5.16. The van der Waals surface area contributed by atoms with Crippen molar-refractivity contribution in [2.24, 2.45) is 0 Å². The van der Waals surface area contributed by atoms with E-state index in [9.17, 15) is 0 Å². The van der Waals surface area contributed by atoms with Crippen molar-refractivity contribution in [2.75, 3.05) is 0 Å². The van der Waals surface area contributed by atoms with Crippen LogP contribution in [0.15, 0.2) is 63.7 Å². The second-order valence-corrected chi connectivity index (χ2v) is 5.52. The van der Waals surface area contributed by atoms with Crippen molar-refractivity contribution >= 4 is 42.8 Å². The lowest BCUT2D eigenvalue weighted by Gasteiger charge is -2.10. The normalized spacial score (nSPS) is 10.9. The van der Waals surface area contributed by atoms with Crippen LogP contribution in [0.1, 0.15) is 0 Å². The third-order valence-electron chi connectivity index (χ3n) is 2.78. The molecule has 0 saturated heterocycles. The molecule has 0 bridgehead atoms. The van der Waals surface area contributed by atoms with Gasteiger partial charge in [0.15, 0.2) is 0 Å². The Morgan fingerprint density at radius 1 is 0.765 bits per heavy atom. The zero-order chi connectivity index (χ0) is 11.8. The third-order valence-corrected chi connectivity index (χ3v) is 4.06. The summed E-state index contributed by atoms with van der Waals surface area (Å²) in [5.74, 6) is 0. The zero-order valence-electron chi connectivity index (χ0n) is 8.90. The molecule has 0 amide bonds. The Labute approximate surface area is 116 Å². The first-order chi connectivity index (χ1) is 8.27. The van der Waals surface area contributed by atoms with E-state index in [2.05, 4.69) is 85.1 Å². The van der Waals surface area contributed by atoms with Gasteiger partial charge in [0.2, 0.25) is 0 Å². The molecule has 0 saturated carbocycles. The Balaban J connectivity index is 2.35. The van der Waals surface area contributed by atoms with E-state index in [1.807, 2.05) is 6.07 Å². The molecular formula is C14H9Br2N. The van der Waals surface area contributed by atoms with E-state index in [-0.39, 0.29) is 0 Å². The number of hydrogen-bond acceptors (Lipinski definition) is 0. The van der Waals surface area contributed by atoms with E-state index < -0.39 is 0 Å². The highest BCUT2D eigenvalue weighted by molar-refractivity contribution is 9.11. The maximum Gasteiger partial charge on any atom is 0.0740 e. The fraction of sp³-hybridized carbons (Fsp3) is 0. The molecule has 0 spiro atoms. The highest BCUT2D eigenvalue weighted by atomic mass is 79.9. The molecule has 1 nitrogen and oxygen atoms in total. The number of rotatable bonds is 1. The van der Waals surface area contributed by atoms with E-state index in [1.54, 1.807) is 0 Å². The topological polar surface area (TPSA) is 4.93 Å². The SMILES string of the molecule is Brc1cccc(Br)c1-n1ccc2ccccc21. The number of para-hydroxylation sites is 2. The van der Waals surface area contributed by atoms with Crippen LogP contribution in [0.5, 0.6) is 0 Å². The van der Waals surface area contributed by atoms with E-state index in [4.69, 9.17) is 0 Å². The smallest absolute Gasteiger partial charge is 0.0740 e. The van der Waals surface area contributed by atoms with Crippen LogP contribution in [-0.2, 0) is 0 Å². The standard InChI is InChI=1S/C14H9Br2N/c15-11-5-3-6-12(16)14(11)17-9-8-10-4-1-2-7-13(10)17/h1-9H. The molecule has 0 aliphatic heterocycles. The molecule has 84 valence electrons. The summed E-state index contributed by atoms with van der Waals surface area (Å²) in [5, 5.41) is 1.25. The third kappa shape index (κ3) is 1.83. The molecule has 3 aromatic rings. The van der Waals surface area contributed by atoms with Crippen molar-refractivity contribution in [1.82, 2.24) is 4.57 Å². The van der Waals surface area contributed by atoms with Gasteiger partial charge in [0.25, 0.3) is 0 Å². The molecule has 1 heterocycles. The highest BCUT2D eigenvalue weighted by Gasteiger charge is 2.09. The molecular weight excluding hydrogens is 342 g/mol. The van der Waals surface area contributed by atoms with Crippen LogP contribution in [0.4, 0.5) is 0 Å². The Hall–Kier alpha value is -1.06. The minimum absolute atomic E-state index is 1.08. The number of hydrogen-bond donors (Lipinski definition) is 0. The van der Waals surface area contributed by atoms with Gasteiger partial charge in [-0.2, -0.15) is 0 Å². The van der Waals surface area contributed by atoms with Crippen LogP contribution in [0.25, 0.3) is 16.6 Å². The number of aromatic nitrogens is 1. The van der Waals surface area contributed by atoms with Crippen molar-refractivity contribution in [3.63, 3.8) is 0 Å². The van der Waals surface area contributed by atoms with Crippen LogP contribution >= 0.6 is 31.9 Å². The monoisotopic (exact) mass is 349 g/mol. The fourth-order valence-corrected chi connectivity index (χ4v) is 3.38. The van der Waals surface area contributed by atoms with Gasteiger partial charge in [-0.3, -0.25) is 0 Å². The second-order valence-electron chi connectivity index (χ2n) is 3.81. The van der Waals surface area contributed by atoms with E-state index in [1.165, 1.54) is 10.9 Å². The molecule has 0 atom stereocenters. The molecule has 2 aromatic carbocycles. The average molecular weight is 351 g/mol. The molecule has 0 unspecified atom stereocenters. The van der Waals surface area contributed by atoms with Gasteiger partial charge in [-0.25, -0.2) is 0 Å². The zero-order valence-corrected chi connectivity index (χ0v) is 12.1. The minimum Gasteiger partial charge on any atom is -0.314 e. The first-order valence-corrected chi connectivity index (χ1v) is 6.86. The van der Waals surface area contributed by atoms with Crippen molar-refractivity contribution in [1.29, 1.82) is 0 Å². The van der Waals surface area contributed by atoms with E-state index >= 15 is 0 Å². The van der Waals surface area contributed by atoms with Crippen molar-refractivity contribution < 1.29 is 0 Å². The van der Waals surface area contributed by atoms with E-state index in [0.717, 1.165) is 14.6 Å². The van der Waals surface area contributed by atoms with Gasteiger partial charge in [-0.15, -0.1) is 0 Å². The fourth-order valence-electron chi connectivity index (χ4n) is 2.00. The van der Waals surface area contributed by atoms with Crippen LogP contribution < -0.4 is 0 Å². The molecule has 3 heteroatoms. The number of halogens is 2. The summed E-state index contributed by atoms with van der Waals surface area (Å²) in [6.07, 6.45) is 2.09. The molecule has 0 fully saturated rings. The first-order valence-electron chi connectivity index (χ1n) is 5.28. The summed E-state index contributed by atoms with van der Waals surface area (Å²) >= 11 is 7.21. The Bertz CT molecular complexity index is 665. The van der Waals surface area contributed by atoms with Gasteiger partial charge < -0.3 is 4.57 Å². The predicted molar refractivity (Wildman–Crippen MR) is 78.7 cm³/mol. The van der Waals surface area contributed by atoms with Gasteiger partial charge in [0.05, 0.1) is 11.2 Å². The molecule has 0 aliphatic carbocycles. The van der Waals surface area contributed by atoms with Gasteiger partial charge in [-0.05, 0) is 61.5 Å². The van der Waals surface area contributed by atoms with Crippen molar-refractivity contribution in [3.05, 3.63) is 63.7 Å². The summed E-state index contributed by atoms with van der Waals surface area (Å²) in [7, 11) is 0. The quantitative estimate of drug-likeness (QED) is 0.571. The summed E-state index contributed by atoms with van der Waals surface area (Å²) < 4.78 is 4.34. The van der Waals surface area contributed by atoms with Gasteiger partial charge in [0, 0.05) is 15.1 Å². The maximum atomic E-state index is 3.60. The Morgan fingerprint density at radius 2 is 1.47 bits per heavy atom. The Morgan fingerprint density at radius 3 is 2.24 bits per heavy atom. The lowest BCUT2D eigenvalue weighted by Crippen LogP contribution is -1.94. The molecule has 0 radical (unpaired) electrons. The summed E-state index contributed by atoms with van der Waals surface area (Å²) in [5.41, 5.74) is 2.34. The van der Waals surface area contributed by atoms with Crippen molar-refractivity contribution in [3.8, 4) is 5.69 Å². The van der Waals surface area contributed by atoms with Gasteiger partial charge >= 0.3 is 0 Å². The van der Waals surface area contributed by atoms with Crippen LogP contribution in [0, 0.1) is 0 Å². The number of fused-ring (bicyclic) bond motifs is 1. The highest BCUT2D eigenvalue weighted by Crippen LogP contribution is 2.31. The average Bonchev–Trinajstić information content (AvgIpc) is 2.73. The lowest BCUT2D eigenvalue weighted by molar-refractivity contribution is 1.11. The summed E-state index contributed by atoms with van der Waals surface area (Å²) in [6.45, 7) is 0. The number of nitrogens with zero attached hydrogens (tertiary/aromatic N) is 1.